The van der Waals surface area contributed by atoms with E-state index in [0.717, 1.165) is 0 Å². The highest BCUT2D eigenvalue weighted by molar-refractivity contribution is 7.47. The van der Waals surface area contributed by atoms with E-state index < -0.39 is 19.9 Å². The van der Waals surface area contributed by atoms with Crippen molar-refractivity contribution in [2.45, 2.75) is 20.0 Å². The lowest BCUT2D eigenvalue weighted by Gasteiger charge is -2.17. The van der Waals surface area contributed by atoms with Crippen LogP contribution in [0.1, 0.15) is 13.8 Å². The molecule has 1 aromatic carbocycles. The summed E-state index contributed by atoms with van der Waals surface area (Å²) in [6, 6.07) is 6.09. The minimum atomic E-state index is -4.31. The van der Waals surface area contributed by atoms with E-state index in [1.54, 1.807) is 12.1 Å². The van der Waals surface area contributed by atoms with E-state index >= 15 is 0 Å². The molecule has 1 aromatic rings. The molecule has 1 N–H and O–H groups in total. The van der Waals surface area contributed by atoms with Crippen LogP contribution in [-0.4, -0.2) is 30.7 Å². The quantitative estimate of drug-likeness (QED) is 0.445. The lowest BCUT2D eigenvalue weighted by Crippen LogP contribution is -2.20. The van der Waals surface area contributed by atoms with Gasteiger partial charge in [0.25, 0.3) is 0 Å². The molecule has 0 fully saturated rings. The molecule has 2 unspecified atom stereocenters. The van der Waals surface area contributed by atoms with Crippen molar-refractivity contribution in [2.75, 3.05) is 13.7 Å². The van der Waals surface area contributed by atoms with E-state index in [1.807, 2.05) is 0 Å². The van der Waals surface area contributed by atoms with Crippen molar-refractivity contribution in [3.63, 3.8) is 0 Å². The second kappa shape index (κ2) is 7.98. The number of hydrogen-bond acceptors (Lipinski definition) is 6. The van der Waals surface area contributed by atoms with Gasteiger partial charge in [0, 0.05) is 5.57 Å². The molecule has 8 heteroatoms. The molecule has 0 saturated carbocycles. The molecule has 0 saturated heterocycles. The van der Waals surface area contributed by atoms with Gasteiger partial charge in [0.2, 0.25) is 0 Å². The zero-order chi connectivity index (χ0) is 16.8. The predicted octanol–water partition coefficient (Wildman–Crippen LogP) is 2.70. The topological polar surface area (TPSA) is 91.3 Å². The molecule has 0 spiro atoms. The molecular formula is C14H19O7P. The van der Waals surface area contributed by atoms with Crippen molar-refractivity contribution in [1.82, 2.24) is 0 Å². The van der Waals surface area contributed by atoms with Gasteiger partial charge in [0.1, 0.15) is 17.6 Å². The molecule has 1 rings (SSSR count). The Morgan fingerprint density at radius 3 is 2.36 bits per heavy atom. The number of carbonyl (C=O) groups excluding carboxylic acids is 1. The van der Waals surface area contributed by atoms with Crippen LogP contribution in [0.25, 0.3) is 0 Å². The van der Waals surface area contributed by atoms with E-state index in [2.05, 4.69) is 6.58 Å². The van der Waals surface area contributed by atoms with Gasteiger partial charge in [-0.25, -0.2) is 9.36 Å². The highest BCUT2D eigenvalue weighted by Crippen LogP contribution is 2.44. The molecule has 0 radical (unpaired) electrons. The smallest absolute Gasteiger partial charge is 0.497 e. The monoisotopic (exact) mass is 330 g/mol. The number of phosphoric ester groups is 1. The van der Waals surface area contributed by atoms with Crippen molar-refractivity contribution in [3.8, 4) is 11.5 Å². The summed E-state index contributed by atoms with van der Waals surface area (Å²) in [6.07, 6.45) is -0.718. The maximum Gasteiger partial charge on any atom is 0.527 e. The third-order valence-corrected chi connectivity index (χ3v) is 3.33. The van der Waals surface area contributed by atoms with Crippen LogP contribution in [0.3, 0.4) is 0 Å². The predicted molar refractivity (Wildman–Crippen MR) is 79.8 cm³/mol. The average molecular weight is 330 g/mol. The molecular weight excluding hydrogens is 311 g/mol. The molecule has 122 valence electrons. The second-order valence-corrected chi connectivity index (χ2v) is 5.91. The zero-order valence-corrected chi connectivity index (χ0v) is 13.5. The van der Waals surface area contributed by atoms with Gasteiger partial charge in [-0.2, -0.15) is 0 Å². The first-order chi connectivity index (χ1) is 10.2. The summed E-state index contributed by atoms with van der Waals surface area (Å²) in [4.78, 5) is 20.9. The summed E-state index contributed by atoms with van der Waals surface area (Å²) in [5.74, 6) is 0.138. The highest BCUT2D eigenvalue weighted by Gasteiger charge is 2.25. The lowest BCUT2D eigenvalue weighted by atomic mass is 10.3. The number of carbonyl (C=O) groups is 1. The number of methoxy groups -OCH3 is 1. The SMILES string of the molecule is C=C(C)C(=O)OC(C)COP(=O)(O)Oc1ccc(OC)cc1. The third kappa shape index (κ3) is 6.30. The van der Waals surface area contributed by atoms with Crippen molar-refractivity contribution in [3.05, 3.63) is 36.4 Å². The molecule has 0 aromatic heterocycles. The van der Waals surface area contributed by atoms with Crippen LogP contribution in [0.2, 0.25) is 0 Å². The molecule has 2 atom stereocenters. The van der Waals surface area contributed by atoms with Crippen LogP contribution in [0.15, 0.2) is 36.4 Å². The Morgan fingerprint density at radius 1 is 1.32 bits per heavy atom. The Kier molecular flexibility index (Phi) is 6.61. The second-order valence-electron chi connectivity index (χ2n) is 4.53. The van der Waals surface area contributed by atoms with Crippen molar-refractivity contribution >= 4 is 13.8 Å². The maximum atomic E-state index is 11.8. The summed E-state index contributed by atoms with van der Waals surface area (Å²) >= 11 is 0. The van der Waals surface area contributed by atoms with E-state index in [1.165, 1.54) is 33.1 Å². The standard InChI is InChI=1S/C14H19O7P/c1-10(2)14(15)20-11(3)9-19-22(16,17)21-13-7-5-12(18-4)6-8-13/h5-8,11H,1,9H2,2-4H3,(H,16,17). The van der Waals surface area contributed by atoms with E-state index in [4.69, 9.17) is 18.5 Å². The van der Waals surface area contributed by atoms with Gasteiger partial charge < -0.3 is 14.0 Å². The Balaban J connectivity index is 2.50. The van der Waals surface area contributed by atoms with Crippen LogP contribution >= 0.6 is 7.82 Å². The van der Waals surface area contributed by atoms with E-state index in [-0.39, 0.29) is 17.9 Å². The Labute approximate surface area is 129 Å². The minimum Gasteiger partial charge on any atom is -0.497 e. The third-order valence-electron chi connectivity index (χ3n) is 2.41. The Hall–Kier alpha value is -1.82. The highest BCUT2D eigenvalue weighted by atomic mass is 31.2. The molecule has 22 heavy (non-hydrogen) atoms. The van der Waals surface area contributed by atoms with E-state index in [0.29, 0.717) is 5.75 Å². The van der Waals surface area contributed by atoms with Crippen LogP contribution in [-0.2, 0) is 18.6 Å². The van der Waals surface area contributed by atoms with Crippen LogP contribution in [0, 0.1) is 0 Å². The zero-order valence-electron chi connectivity index (χ0n) is 12.6. The fourth-order valence-electron chi connectivity index (χ4n) is 1.31. The van der Waals surface area contributed by atoms with Gasteiger partial charge in [-0.3, -0.25) is 9.42 Å². The van der Waals surface area contributed by atoms with Crippen LogP contribution in [0.5, 0.6) is 11.5 Å². The number of rotatable bonds is 8. The molecule has 0 aliphatic carbocycles. The van der Waals surface area contributed by atoms with Gasteiger partial charge in [0.05, 0.1) is 13.7 Å². The number of esters is 1. The van der Waals surface area contributed by atoms with E-state index in [9.17, 15) is 14.3 Å². The maximum absolute atomic E-state index is 11.8. The van der Waals surface area contributed by atoms with Crippen molar-refractivity contribution in [1.29, 1.82) is 0 Å². The average Bonchev–Trinajstić information content (AvgIpc) is 2.45. The van der Waals surface area contributed by atoms with Gasteiger partial charge in [-0.05, 0) is 38.1 Å². The number of phosphoric acid groups is 1. The summed E-state index contributed by atoms with van der Waals surface area (Å²) in [5.41, 5.74) is 0.230. The first-order valence-electron chi connectivity index (χ1n) is 6.41. The fourth-order valence-corrected chi connectivity index (χ4v) is 2.15. The largest absolute Gasteiger partial charge is 0.527 e. The Morgan fingerprint density at radius 2 is 1.86 bits per heavy atom. The summed E-state index contributed by atoms with van der Waals surface area (Å²) in [7, 11) is -2.81. The van der Waals surface area contributed by atoms with Gasteiger partial charge in [0.15, 0.2) is 0 Å². The minimum absolute atomic E-state index is 0.151. The molecule has 0 bridgehead atoms. The molecule has 0 aliphatic heterocycles. The Bertz CT molecular complexity index is 567. The first kappa shape index (κ1) is 18.2. The molecule has 0 heterocycles. The fraction of sp³-hybridized carbons (Fsp3) is 0.357. The summed E-state index contributed by atoms with van der Waals surface area (Å²) in [5, 5.41) is 0. The number of benzene rings is 1. The molecule has 0 amide bonds. The summed E-state index contributed by atoms with van der Waals surface area (Å²) in [6.45, 7) is 6.17. The molecule has 0 aliphatic rings. The number of hydrogen-bond donors (Lipinski definition) is 1. The van der Waals surface area contributed by atoms with Gasteiger partial charge in [-0.1, -0.05) is 6.58 Å². The number of ether oxygens (including phenoxy) is 2. The van der Waals surface area contributed by atoms with Crippen LogP contribution < -0.4 is 9.26 Å². The van der Waals surface area contributed by atoms with Gasteiger partial charge in [-0.15, -0.1) is 0 Å². The van der Waals surface area contributed by atoms with Crippen LogP contribution in [0.4, 0.5) is 0 Å². The summed E-state index contributed by atoms with van der Waals surface area (Å²) < 4.78 is 31.3. The first-order valence-corrected chi connectivity index (χ1v) is 7.90. The lowest BCUT2D eigenvalue weighted by molar-refractivity contribution is -0.144. The van der Waals surface area contributed by atoms with Crippen molar-refractivity contribution in [2.24, 2.45) is 0 Å². The van der Waals surface area contributed by atoms with Gasteiger partial charge >= 0.3 is 13.8 Å². The van der Waals surface area contributed by atoms with Crippen molar-refractivity contribution < 1.29 is 32.8 Å². The molecule has 7 nitrogen and oxygen atoms in total. The normalized spacial score (nSPS) is 14.5.